The van der Waals surface area contributed by atoms with Crippen molar-refractivity contribution < 1.29 is 9.59 Å². The maximum Gasteiger partial charge on any atom is 0.327 e. The smallest absolute Gasteiger partial charge is 0.327 e. The standard InChI is InChI=1S/C8H12N2O.C7H10.CH4N2O/c1-3-9-6-5-7-10(4-2)8(9)11;1-4-7(5-2)6-3;2-1(3)4/h3-4H,1-2,5-7H2;4-6H,1-2H2,3H3;(H4,2,3,4). The Morgan fingerprint density at radius 1 is 1.05 bits per heavy atom. The van der Waals surface area contributed by atoms with E-state index in [1.54, 1.807) is 34.4 Å². The highest BCUT2D eigenvalue weighted by Gasteiger charge is 2.20. The molecule has 0 bridgehead atoms. The van der Waals surface area contributed by atoms with Gasteiger partial charge in [-0.25, -0.2) is 9.59 Å². The maximum atomic E-state index is 11.3. The summed E-state index contributed by atoms with van der Waals surface area (Å²) < 4.78 is 0. The minimum absolute atomic E-state index is 0.0266. The highest BCUT2D eigenvalue weighted by Crippen LogP contribution is 2.08. The third-order valence-electron chi connectivity index (χ3n) is 2.53. The van der Waals surface area contributed by atoms with Crippen LogP contribution >= 0.6 is 0 Å². The van der Waals surface area contributed by atoms with Crippen LogP contribution in [0.1, 0.15) is 13.3 Å². The first-order valence-electron chi connectivity index (χ1n) is 6.66. The molecule has 1 heterocycles. The Bertz CT molecular complexity index is 409. The fourth-order valence-electron chi connectivity index (χ4n) is 1.43. The molecule has 0 radical (unpaired) electrons. The third kappa shape index (κ3) is 10.1. The van der Waals surface area contributed by atoms with Gasteiger partial charge in [0.05, 0.1) is 0 Å². The Hall–Kier alpha value is -2.76. The first-order chi connectivity index (χ1) is 10.4. The molecule has 0 aromatic heterocycles. The van der Waals surface area contributed by atoms with Gasteiger partial charge < -0.3 is 21.3 Å². The molecule has 0 aromatic rings. The molecular weight excluding hydrogens is 280 g/mol. The molecule has 1 saturated heterocycles. The summed E-state index contributed by atoms with van der Waals surface area (Å²) in [6, 6.07) is -0.860. The number of nitrogens with zero attached hydrogens (tertiary/aromatic N) is 2. The lowest BCUT2D eigenvalue weighted by atomic mass is 10.2. The number of amides is 4. The molecule has 0 unspecified atom stereocenters. The van der Waals surface area contributed by atoms with Gasteiger partial charge in [0.25, 0.3) is 0 Å². The molecule has 0 atom stereocenters. The van der Waals surface area contributed by atoms with E-state index in [2.05, 4.69) is 37.8 Å². The largest absolute Gasteiger partial charge is 0.352 e. The average Bonchev–Trinajstić information content (AvgIpc) is 2.49. The van der Waals surface area contributed by atoms with E-state index in [-0.39, 0.29) is 6.03 Å². The molecule has 0 aliphatic carbocycles. The summed E-state index contributed by atoms with van der Waals surface area (Å²) in [5, 5.41) is 0. The van der Waals surface area contributed by atoms with Crippen LogP contribution in [0.5, 0.6) is 0 Å². The van der Waals surface area contributed by atoms with Gasteiger partial charge in [-0.2, -0.15) is 0 Å². The topological polar surface area (TPSA) is 92.7 Å². The van der Waals surface area contributed by atoms with Crippen molar-refractivity contribution in [2.45, 2.75) is 13.3 Å². The molecule has 0 aromatic carbocycles. The van der Waals surface area contributed by atoms with Crippen LogP contribution in [0, 0.1) is 0 Å². The fourth-order valence-corrected chi connectivity index (χ4v) is 1.43. The molecule has 1 aliphatic rings. The SMILES string of the molecule is C=CC(C=C)=CC.C=CN1CCCN(C=C)C1=O.NC(N)=O. The van der Waals surface area contributed by atoms with Crippen LogP contribution < -0.4 is 11.5 Å². The van der Waals surface area contributed by atoms with Crippen LogP contribution in [0.4, 0.5) is 9.59 Å². The Balaban J connectivity index is 0. The molecule has 1 aliphatic heterocycles. The number of nitrogens with two attached hydrogens (primary N) is 2. The highest BCUT2D eigenvalue weighted by molar-refractivity contribution is 5.77. The average molecular weight is 306 g/mol. The molecular formula is C16H26N4O2. The van der Waals surface area contributed by atoms with E-state index in [0.29, 0.717) is 0 Å². The van der Waals surface area contributed by atoms with Crippen LogP contribution in [0.25, 0.3) is 0 Å². The molecule has 6 heteroatoms. The Kier molecular flexibility index (Phi) is 13.0. The van der Waals surface area contributed by atoms with Gasteiger partial charge in [-0.3, -0.25) is 0 Å². The lowest BCUT2D eigenvalue weighted by molar-refractivity contribution is 0.169. The van der Waals surface area contributed by atoms with Crippen LogP contribution in [-0.2, 0) is 0 Å². The van der Waals surface area contributed by atoms with Crippen molar-refractivity contribution in [3.05, 3.63) is 62.5 Å². The van der Waals surface area contributed by atoms with Gasteiger partial charge in [0.15, 0.2) is 0 Å². The van der Waals surface area contributed by atoms with Gasteiger partial charge in [0.1, 0.15) is 0 Å². The van der Waals surface area contributed by atoms with Gasteiger partial charge in [0.2, 0.25) is 0 Å². The van der Waals surface area contributed by atoms with Crippen molar-refractivity contribution in [3.63, 3.8) is 0 Å². The summed E-state index contributed by atoms with van der Waals surface area (Å²) in [4.78, 5) is 23.5. The van der Waals surface area contributed by atoms with E-state index in [1.165, 1.54) is 0 Å². The molecule has 1 fully saturated rings. The molecule has 22 heavy (non-hydrogen) atoms. The maximum absolute atomic E-state index is 11.3. The molecule has 4 amide bonds. The molecule has 0 spiro atoms. The Morgan fingerprint density at radius 2 is 1.41 bits per heavy atom. The number of hydrogen-bond donors (Lipinski definition) is 2. The van der Waals surface area contributed by atoms with Crippen molar-refractivity contribution in [2.75, 3.05) is 13.1 Å². The van der Waals surface area contributed by atoms with Gasteiger partial charge in [-0.15, -0.1) is 0 Å². The Morgan fingerprint density at radius 3 is 1.59 bits per heavy atom. The van der Waals surface area contributed by atoms with Crippen LogP contribution in [0.15, 0.2) is 62.5 Å². The Labute approximate surface area is 132 Å². The van der Waals surface area contributed by atoms with E-state index in [1.807, 2.05) is 13.0 Å². The summed E-state index contributed by atoms with van der Waals surface area (Å²) in [5.41, 5.74) is 9.58. The quantitative estimate of drug-likeness (QED) is 0.781. The van der Waals surface area contributed by atoms with Crippen LogP contribution in [0.3, 0.4) is 0 Å². The predicted molar refractivity (Wildman–Crippen MR) is 91.7 cm³/mol. The number of hydrogen-bond acceptors (Lipinski definition) is 2. The molecule has 1 rings (SSSR count). The summed E-state index contributed by atoms with van der Waals surface area (Å²) in [6.07, 6.45) is 9.58. The van der Waals surface area contributed by atoms with Gasteiger partial charge in [-0.1, -0.05) is 44.5 Å². The van der Waals surface area contributed by atoms with Crippen molar-refractivity contribution in [3.8, 4) is 0 Å². The normalized spacial score (nSPS) is 12.5. The molecule has 122 valence electrons. The summed E-state index contributed by atoms with van der Waals surface area (Å²) in [6.45, 7) is 17.7. The lowest BCUT2D eigenvalue weighted by Crippen LogP contribution is -2.43. The zero-order chi connectivity index (χ0) is 17.5. The summed E-state index contributed by atoms with van der Waals surface area (Å²) in [5.74, 6) is 0. The second kappa shape index (κ2) is 13.2. The second-order valence-corrected chi connectivity index (χ2v) is 3.99. The number of carbonyl (C=O) groups excluding carboxylic acids is 2. The minimum Gasteiger partial charge on any atom is -0.352 e. The van der Waals surface area contributed by atoms with Gasteiger partial charge >= 0.3 is 12.1 Å². The van der Waals surface area contributed by atoms with Crippen LogP contribution in [-0.4, -0.2) is 35.0 Å². The van der Waals surface area contributed by atoms with Gasteiger partial charge in [0, 0.05) is 25.5 Å². The monoisotopic (exact) mass is 306 g/mol. The first-order valence-corrected chi connectivity index (χ1v) is 6.66. The van der Waals surface area contributed by atoms with Gasteiger partial charge in [-0.05, 0) is 18.9 Å². The second-order valence-electron chi connectivity index (χ2n) is 3.99. The number of carbonyl (C=O) groups is 2. The van der Waals surface area contributed by atoms with Crippen molar-refractivity contribution in [1.29, 1.82) is 0 Å². The number of rotatable bonds is 4. The summed E-state index contributed by atoms with van der Waals surface area (Å²) in [7, 11) is 0. The number of primary amides is 2. The van der Waals surface area contributed by atoms with Crippen LogP contribution in [0.2, 0.25) is 0 Å². The number of allylic oxidation sites excluding steroid dienone is 4. The molecule has 4 N–H and O–H groups in total. The lowest BCUT2D eigenvalue weighted by Gasteiger charge is -2.30. The fraction of sp³-hybridized carbons (Fsp3) is 0.250. The number of urea groups is 2. The van der Waals surface area contributed by atoms with E-state index in [4.69, 9.17) is 4.79 Å². The zero-order valence-corrected chi connectivity index (χ0v) is 13.2. The zero-order valence-electron chi connectivity index (χ0n) is 13.2. The third-order valence-corrected chi connectivity index (χ3v) is 2.53. The van der Waals surface area contributed by atoms with Crippen molar-refractivity contribution in [1.82, 2.24) is 9.80 Å². The van der Waals surface area contributed by atoms with Crippen molar-refractivity contribution in [2.24, 2.45) is 11.5 Å². The van der Waals surface area contributed by atoms with E-state index >= 15 is 0 Å². The van der Waals surface area contributed by atoms with E-state index in [9.17, 15) is 4.79 Å². The summed E-state index contributed by atoms with van der Waals surface area (Å²) >= 11 is 0. The predicted octanol–water partition coefficient (Wildman–Crippen LogP) is 2.73. The highest BCUT2D eigenvalue weighted by atomic mass is 16.2. The van der Waals surface area contributed by atoms with Crippen molar-refractivity contribution >= 4 is 12.1 Å². The first kappa shape index (κ1) is 21.5. The molecule has 0 saturated carbocycles. The molecule has 6 nitrogen and oxygen atoms in total. The van der Waals surface area contributed by atoms with E-state index in [0.717, 1.165) is 25.1 Å². The van der Waals surface area contributed by atoms with E-state index < -0.39 is 6.03 Å². The minimum atomic E-state index is -0.833.